The van der Waals surface area contributed by atoms with E-state index in [4.69, 9.17) is 5.11 Å². The van der Waals surface area contributed by atoms with Gasteiger partial charge in [0.25, 0.3) is 11.8 Å². The minimum Gasteiger partial charge on any atom is -0.465 e. The van der Waals surface area contributed by atoms with Gasteiger partial charge in [0.05, 0.1) is 6.10 Å². The molecule has 25 heavy (non-hydrogen) atoms. The largest absolute Gasteiger partial charge is 0.465 e. The number of imide groups is 1. The van der Waals surface area contributed by atoms with E-state index in [1.54, 1.807) is 31.2 Å². The van der Waals surface area contributed by atoms with Gasteiger partial charge in [-0.15, -0.1) is 0 Å². The van der Waals surface area contributed by atoms with Crippen molar-refractivity contribution in [2.45, 2.75) is 26.4 Å². The molecular formula is C18H22N2O5. The third kappa shape index (κ3) is 7.45. The highest BCUT2D eigenvalue weighted by Crippen LogP contribution is 2.15. The van der Waals surface area contributed by atoms with E-state index in [0.717, 1.165) is 16.5 Å². The highest BCUT2D eigenvalue weighted by molar-refractivity contribution is 6.05. The molecule has 1 rings (SSSR count). The Morgan fingerprint density at radius 1 is 1.28 bits per heavy atom. The zero-order valence-electron chi connectivity index (χ0n) is 14.2. The summed E-state index contributed by atoms with van der Waals surface area (Å²) in [6.07, 6.45) is 10.9. The van der Waals surface area contributed by atoms with Gasteiger partial charge < -0.3 is 10.2 Å². The van der Waals surface area contributed by atoms with Crippen LogP contribution in [-0.4, -0.2) is 45.7 Å². The van der Waals surface area contributed by atoms with Gasteiger partial charge >= 0.3 is 6.09 Å². The number of amides is 3. The fraction of sp³-hybridized carbons (Fsp3) is 0.278. The number of aliphatic hydroxyl groups excluding tert-OH is 1. The SMILES string of the molecule is CC[C@H](O)/C=C/C=C(C)/C=C/C(=O)NC(=O)/C=C/C1=CCN1C(=O)O. The lowest BCUT2D eigenvalue weighted by atomic mass is 10.2. The van der Waals surface area contributed by atoms with Gasteiger partial charge in [-0.1, -0.05) is 36.8 Å². The standard InChI is InChI=1S/C18H22N2O5/c1-3-15(21)6-4-5-13(2)7-9-16(22)19-17(23)10-8-14-11-12-20(14)18(24)25/h4-11,15,21H,3,12H2,1-2H3,(H,24,25)(H,19,22,23)/b6-4+,9-7+,10-8+,13-5+/t15-/m0/s1. The van der Waals surface area contributed by atoms with E-state index in [1.807, 2.05) is 6.92 Å². The van der Waals surface area contributed by atoms with E-state index >= 15 is 0 Å². The van der Waals surface area contributed by atoms with Crippen molar-refractivity contribution in [3.8, 4) is 0 Å². The summed E-state index contributed by atoms with van der Waals surface area (Å²) in [6, 6.07) is 0. The third-order valence-electron chi connectivity index (χ3n) is 3.29. The normalized spacial score (nSPS) is 16.2. The topological polar surface area (TPSA) is 107 Å². The average molecular weight is 346 g/mol. The van der Waals surface area contributed by atoms with Crippen molar-refractivity contribution in [3.63, 3.8) is 0 Å². The van der Waals surface area contributed by atoms with Crippen LogP contribution in [0.2, 0.25) is 0 Å². The van der Waals surface area contributed by atoms with Crippen LogP contribution >= 0.6 is 0 Å². The molecule has 0 aromatic heterocycles. The second-order valence-electron chi connectivity index (χ2n) is 5.31. The van der Waals surface area contributed by atoms with Crippen molar-refractivity contribution in [2.75, 3.05) is 6.54 Å². The lowest BCUT2D eigenvalue weighted by molar-refractivity contribution is -0.125. The van der Waals surface area contributed by atoms with E-state index in [1.165, 1.54) is 18.2 Å². The van der Waals surface area contributed by atoms with Crippen LogP contribution in [0.25, 0.3) is 0 Å². The van der Waals surface area contributed by atoms with E-state index in [2.05, 4.69) is 5.32 Å². The van der Waals surface area contributed by atoms with Gasteiger partial charge in [-0.25, -0.2) is 4.79 Å². The van der Waals surface area contributed by atoms with Crippen molar-refractivity contribution in [1.82, 2.24) is 10.2 Å². The van der Waals surface area contributed by atoms with Crippen LogP contribution in [0.4, 0.5) is 4.79 Å². The van der Waals surface area contributed by atoms with Gasteiger partial charge in [-0.3, -0.25) is 19.8 Å². The molecule has 1 heterocycles. The van der Waals surface area contributed by atoms with Crippen molar-refractivity contribution in [3.05, 3.63) is 59.9 Å². The molecule has 0 aliphatic carbocycles. The second kappa shape index (κ2) is 10.0. The summed E-state index contributed by atoms with van der Waals surface area (Å²) in [5.41, 5.74) is 1.17. The number of nitrogens with one attached hydrogen (secondary N) is 1. The number of hydrogen-bond donors (Lipinski definition) is 3. The number of nitrogens with zero attached hydrogens (tertiary/aromatic N) is 1. The summed E-state index contributed by atoms with van der Waals surface area (Å²) in [5.74, 6) is -1.22. The van der Waals surface area contributed by atoms with E-state index in [0.29, 0.717) is 12.1 Å². The van der Waals surface area contributed by atoms with Gasteiger partial charge in [-0.05, 0) is 25.5 Å². The van der Waals surface area contributed by atoms with Crippen LogP contribution in [0.15, 0.2) is 59.9 Å². The summed E-state index contributed by atoms with van der Waals surface area (Å²) < 4.78 is 0. The molecule has 3 N–H and O–H groups in total. The fourth-order valence-corrected chi connectivity index (χ4v) is 1.73. The Morgan fingerprint density at radius 3 is 2.52 bits per heavy atom. The molecule has 0 aromatic rings. The summed E-state index contributed by atoms with van der Waals surface area (Å²) in [7, 11) is 0. The van der Waals surface area contributed by atoms with E-state index in [9.17, 15) is 19.5 Å². The third-order valence-corrected chi connectivity index (χ3v) is 3.29. The van der Waals surface area contributed by atoms with E-state index in [-0.39, 0.29) is 6.54 Å². The highest BCUT2D eigenvalue weighted by atomic mass is 16.4. The van der Waals surface area contributed by atoms with Gasteiger partial charge in [0, 0.05) is 24.4 Å². The van der Waals surface area contributed by atoms with Crippen molar-refractivity contribution in [1.29, 1.82) is 0 Å². The predicted octanol–water partition coefficient (Wildman–Crippen LogP) is 1.89. The monoisotopic (exact) mass is 346 g/mol. The van der Waals surface area contributed by atoms with Crippen LogP contribution in [0.1, 0.15) is 20.3 Å². The van der Waals surface area contributed by atoms with E-state index < -0.39 is 24.0 Å². The van der Waals surface area contributed by atoms with Crippen LogP contribution in [0.3, 0.4) is 0 Å². The van der Waals surface area contributed by atoms with Gasteiger partial charge in [0.2, 0.25) is 0 Å². The number of hydrogen-bond acceptors (Lipinski definition) is 4. The van der Waals surface area contributed by atoms with Crippen LogP contribution < -0.4 is 5.32 Å². The van der Waals surface area contributed by atoms with Crippen molar-refractivity contribution in [2.24, 2.45) is 0 Å². The molecule has 7 nitrogen and oxygen atoms in total. The Bertz CT molecular complexity index is 671. The Hall–Kier alpha value is -2.93. The summed E-state index contributed by atoms with van der Waals surface area (Å²) >= 11 is 0. The minimum atomic E-state index is -1.09. The number of aliphatic hydroxyl groups is 1. The Balaban J connectivity index is 2.45. The number of carbonyl (C=O) groups is 3. The molecule has 1 atom stereocenters. The fourth-order valence-electron chi connectivity index (χ4n) is 1.73. The summed E-state index contributed by atoms with van der Waals surface area (Å²) in [6.45, 7) is 3.92. The molecule has 0 saturated heterocycles. The lowest BCUT2D eigenvalue weighted by Gasteiger charge is -2.26. The number of carboxylic acid groups (broad SMARTS) is 1. The Morgan fingerprint density at radius 2 is 1.96 bits per heavy atom. The average Bonchev–Trinajstić information content (AvgIpc) is 2.51. The maximum absolute atomic E-state index is 11.6. The smallest absolute Gasteiger partial charge is 0.412 e. The van der Waals surface area contributed by atoms with Crippen molar-refractivity contribution >= 4 is 17.9 Å². The lowest BCUT2D eigenvalue weighted by Crippen LogP contribution is -2.35. The number of carbonyl (C=O) groups excluding carboxylic acids is 2. The molecule has 0 radical (unpaired) electrons. The maximum Gasteiger partial charge on any atom is 0.412 e. The highest BCUT2D eigenvalue weighted by Gasteiger charge is 2.20. The number of rotatable bonds is 7. The zero-order chi connectivity index (χ0) is 18.8. The molecule has 3 amide bonds. The second-order valence-corrected chi connectivity index (χ2v) is 5.31. The van der Waals surface area contributed by atoms with Gasteiger partial charge in [0.1, 0.15) is 0 Å². The molecule has 0 saturated carbocycles. The first-order chi connectivity index (χ1) is 11.8. The first kappa shape index (κ1) is 20.1. The van der Waals surface area contributed by atoms with Crippen LogP contribution in [0, 0.1) is 0 Å². The summed E-state index contributed by atoms with van der Waals surface area (Å²) in [5, 5.41) is 20.3. The first-order valence-electron chi connectivity index (χ1n) is 7.78. The molecule has 0 bridgehead atoms. The Labute approximate surface area is 146 Å². The minimum absolute atomic E-state index is 0.285. The molecular weight excluding hydrogens is 324 g/mol. The van der Waals surface area contributed by atoms with Crippen molar-refractivity contribution < 1.29 is 24.6 Å². The molecule has 0 fully saturated rings. The molecule has 1 aliphatic rings. The maximum atomic E-state index is 11.6. The quantitative estimate of drug-likeness (QED) is 0.482. The van der Waals surface area contributed by atoms with Gasteiger partial charge in [-0.2, -0.15) is 0 Å². The molecule has 0 spiro atoms. The molecule has 1 aliphatic heterocycles. The molecule has 0 aromatic carbocycles. The van der Waals surface area contributed by atoms with Crippen LogP contribution in [-0.2, 0) is 9.59 Å². The Kier molecular flexibility index (Phi) is 8.08. The zero-order valence-corrected chi connectivity index (χ0v) is 14.2. The van der Waals surface area contributed by atoms with Crippen LogP contribution in [0.5, 0.6) is 0 Å². The predicted molar refractivity (Wildman–Crippen MR) is 93.4 cm³/mol. The van der Waals surface area contributed by atoms with Gasteiger partial charge in [0.15, 0.2) is 0 Å². The molecule has 134 valence electrons. The molecule has 7 heteroatoms. The number of allylic oxidation sites excluding steroid dienone is 5. The first-order valence-corrected chi connectivity index (χ1v) is 7.78. The molecule has 0 unspecified atom stereocenters. The summed E-state index contributed by atoms with van der Waals surface area (Å²) in [4.78, 5) is 35.1.